The van der Waals surface area contributed by atoms with Crippen LogP contribution in [0.2, 0.25) is 0 Å². The molecule has 1 unspecified atom stereocenters. The fourth-order valence-corrected chi connectivity index (χ4v) is 2.24. The highest BCUT2D eigenvalue weighted by molar-refractivity contribution is 5.70. The second kappa shape index (κ2) is 3.79. The molecule has 1 atom stereocenters. The molecular formula is C13H18N2O2. The van der Waals surface area contributed by atoms with Crippen LogP contribution in [0, 0.1) is 19.3 Å². The van der Waals surface area contributed by atoms with E-state index < -0.39 is 5.97 Å². The largest absolute Gasteiger partial charge is 0.481 e. The van der Waals surface area contributed by atoms with E-state index in [1.165, 1.54) is 0 Å². The topological polar surface area (TPSA) is 63.1 Å². The highest BCUT2D eigenvalue weighted by Crippen LogP contribution is 2.57. The number of aliphatic carboxylic acids is 1. The van der Waals surface area contributed by atoms with E-state index in [9.17, 15) is 4.79 Å². The zero-order valence-corrected chi connectivity index (χ0v) is 10.7. The summed E-state index contributed by atoms with van der Waals surface area (Å²) in [6, 6.07) is 0. The van der Waals surface area contributed by atoms with Crippen LogP contribution in [0.15, 0.2) is 0 Å². The van der Waals surface area contributed by atoms with Gasteiger partial charge in [0.05, 0.1) is 6.42 Å². The van der Waals surface area contributed by atoms with Gasteiger partial charge in [0.25, 0.3) is 0 Å². The maximum absolute atomic E-state index is 10.8. The lowest BCUT2D eigenvalue weighted by Crippen LogP contribution is -2.10. The third-order valence-electron chi connectivity index (χ3n) is 3.59. The van der Waals surface area contributed by atoms with E-state index >= 15 is 0 Å². The van der Waals surface area contributed by atoms with Crippen LogP contribution < -0.4 is 0 Å². The van der Waals surface area contributed by atoms with Gasteiger partial charge in [-0.1, -0.05) is 13.8 Å². The molecule has 4 nitrogen and oxygen atoms in total. The molecule has 1 N–H and O–H groups in total. The van der Waals surface area contributed by atoms with Gasteiger partial charge in [0.15, 0.2) is 0 Å². The van der Waals surface area contributed by atoms with Gasteiger partial charge in [-0.2, -0.15) is 0 Å². The Hall–Kier alpha value is -1.45. The van der Waals surface area contributed by atoms with Crippen LogP contribution in [0.25, 0.3) is 0 Å². The SMILES string of the molecule is Cc1nc(C2CC2(C)C)nc(C)c1CC(=O)O. The molecule has 17 heavy (non-hydrogen) atoms. The molecule has 92 valence electrons. The molecule has 0 saturated heterocycles. The van der Waals surface area contributed by atoms with Crippen molar-refractivity contribution >= 4 is 5.97 Å². The molecule has 0 spiro atoms. The lowest BCUT2D eigenvalue weighted by Gasteiger charge is -2.10. The molecule has 1 aliphatic rings. The van der Waals surface area contributed by atoms with Crippen LogP contribution in [-0.2, 0) is 11.2 Å². The fraction of sp³-hybridized carbons (Fsp3) is 0.615. The average molecular weight is 234 g/mol. The molecule has 0 aromatic carbocycles. The van der Waals surface area contributed by atoms with Crippen molar-refractivity contribution < 1.29 is 9.90 Å². The Morgan fingerprint density at radius 3 is 2.18 bits per heavy atom. The predicted molar refractivity (Wildman–Crippen MR) is 64.0 cm³/mol. The number of hydrogen-bond acceptors (Lipinski definition) is 3. The molecule has 1 aromatic heterocycles. The number of nitrogens with zero attached hydrogens (tertiary/aromatic N) is 2. The monoisotopic (exact) mass is 234 g/mol. The van der Waals surface area contributed by atoms with Gasteiger partial charge >= 0.3 is 5.97 Å². The zero-order chi connectivity index (χ0) is 12.8. The van der Waals surface area contributed by atoms with Crippen LogP contribution >= 0.6 is 0 Å². The maximum Gasteiger partial charge on any atom is 0.307 e. The third-order valence-corrected chi connectivity index (χ3v) is 3.59. The van der Waals surface area contributed by atoms with Gasteiger partial charge in [-0.25, -0.2) is 9.97 Å². The Kier molecular flexibility index (Phi) is 2.68. The van der Waals surface area contributed by atoms with Crippen molar-refractivity contribution in [3.05, 3.63) is 22.8 Å². The van der Waals surface area contributed by atoms with Gasteiger partial charge in [-0.3, -0.25) is 4.79 Å². The van der Waals surface area contributed by atoms with Crippen molar-refractivity contribution in [3.63, 3.8) is 0 Å². The van der Waals surface area contributed by atoms with Crippen LogP contribution in [0.5, 0.6) is 0 Å². The summed E-state index contributed by atoms with van der Waals surface area (Å²) in [7, 11) is 0. The fourth-order valence-electron chi connectivity index (χ4n) is 2.24. The van der Waals surface area contributed by atoms with E-state index in [0.29, 0.717) is 11.3 Å². The van der Waals surface area contributed by atoms with Crippen molar-refractivity contribution in [1.29, 1.82) is 0 Å². The first kappa shape index (κ1) is 12.0. The number of carboxylic acids is 1. The quantitative estimate of drug-likeness (QED) is 0.871. The highest BCUT2D eigenvalue weighted by atomic mass is 16.4. The summed E-state index contributed by atoms with van der Waals surface area (Å²) in [6.07, 6.45) is 1.12. The van der Waals surface area contributed by atoms with Gasteiger partial charge in [-0.05, 0) is 25.7 Å². The van der Waals surface area contributed by atoms with E-state index in [1.807, 2.05) is 13.8 Å². The first-order valence-electron chi connectivity index (χ1n) is 5.87. The van der Waals surface area contributed by atoms with Crippen molar-refractivity contribution in [2.75, 3.05) is 0 Å². The average Bonchev–Trinajstić information content (AvgIpc) is 2.81. The summed E-state index contributed by atoms with van der Waals surface area (Å²) in [5.41, 5.74) is 2.66. The molecule has 1 saturated carbocycles. The molecule has 0 radical (unpaired) electrons. The summed E-state index contributed by atoms with van der Waals surface area (Å²) in [6.45, 7) is 8.14. The number of carboxylic acid groups (broad SMARTS) is 1. The zero-order valence-electron chi connectivity index (χ0n) is 10.7. The number of aromatic nitrogens is 2. The number of hydrogen-bond donors (Lipinski definition) is 1. The van der Waals surface area contributed by atoms with Gasteiger partial charge in [0.2, 0.25) is 0 Å². The normalized spacial score (nSPS) is 21.3. The smallest absolute Gasteiger partial charge is 0.307 e. The second-order valence-electron chi connectivity index (χ2n) is 5.55. The Bertz CT molecular complexity index is 457. The minimum absolute atomic E-state index is 0.00596. The Morgan fingerprint density at radius 2 is 1.82 bits per heavy atom. The van der Waals surface area contributed by atoms with E-state index in [-0.39, 0.29) is 6.42 Å². The lowest BCUT2D eigenvalue weighted by atomic mass is 10.1. The van der Waals surface area contributed by atoms with E-state index in [4.69, 9.17) is 5.11 Å². The molecule has 1 aliphatic carbocycles. The van der Waals surface area contributed by atoms with Crippen LogP contribution in [0.3, 0.4) is 0 Å². The number of carbonyl (C=O) groups is 1. The molecule has 1 aromatic rings. The van der Waals surface area contributed by atoms with Crippen LogP contribution in [-0.4, -0.2) is 21.0 Å². The van der Waals surface area contributed by atoms with E-state index in [2.05, 4.69) is 23.8 Å². The highest BCUT2D eigenvalue weighted by Gasteiger charge is 2.48. The molecular weight excluding hydrogens is 216 g/mol. The molecule has 0 bridgehead atoms. The standard InChI is InChI=1S/C13H18N2O2/c1-7-9(5-11(16)17)8(2)15-12(14-7)10-6-13(10,3)4/h10H,5-6H2,1-4H3,(H,16,17). The minimum Gasteiger partial charge on any atom is -0.481 e. The van der Waals surface area contributed by atoms with Gasteiger partial charge in [0.1, 0.15) is 5.82 Å². The van der Waals surface area contributed by atoms with Gasteiger partial charge in [0, 0.05) is 22.9 Å². The van der Waals surface area contributed by atoms with Crippen LogP contribution in [0.4, 0.5) is 0 Å². The van der Waals surface area contributed by atoms with Crippen molar-refractivity contribution in [3.8, 4) is 0 Å². The molecule has 4 heteroatoms. The van der Waals surface area contributed by atoms with Gasteiger partial charge < -0.3 is 5.11 Å². The Balaban J connectivity index is 2.32. The van der Waals surface area contributed by atoms with Gasteiger partial charge in [-0.15, -0.1) is 0 Å². The summed E-state index contributed by atoms with van der Waals surface area (Å²) in [4.78, 5) is 19.7. The summed E-state index contributed by atoms with van der Waals surface area (Å²) >= 11 is 0. The predicted octanol–water partition coefficient (Wildman–Crippen LogP) is 2.23. The summed E-state index contributed by atoms with van der Waals surface area (Å²) in [5.74, 6) is 0.470. The van der Waals surface area contributed by atoms with Crippen molar-refractivity contribution in [2.45, 2.75) is 46.5 Å². The Labute approximate surface area is 101 Å². The van der Waals surface area contributed by atoms with Crippen LogP contribution in [0.1, 0.15) is 49.0 Å². The molecule has 0 aliphatic heterocycles. The maximum atomic E-state index is 10.8. The van der Waals surface area contributed by atoms with Crippen molar-refractivity contribution in [2.24, 2.45) is 5.41 Å². The lowest BCUT2D eigenvalue weighted by molar-refractivity contribution is -0.136. The molecule has 0 amide bonds. The molecule has 1 heterocycles. The first-order chi connectivity index (χ1) is 7.81. The van der Waals surface area contributed by atoms with Crippen molar-refractivity contribution in [1.82, 2.24) is 9.97 Å². The van der Waals surface area contributed by atoms with E-state index in [1.54, 1.807) is 0 Å². The number of aryl methyl sites for hydroxylation is 2. The second-order valence-corrected chi connectivity index (χ2v) is 5.55. The number of rotatable bonds is 3. The summed E-state index contributed by atoms with van der Waals surface area (Å²) in [5, 5.41) is 8.83. The van der Waals surface area contributed by atoms with E-state index in [0.717, 1.165) is 29.2 Å². The third kappa shape index (κ3) is 2.30. The molecule has 2 rings (SSSR count). The molecule has 1 fully saturated rings. The summed E-state index contributed by atoms with van der Waals surface area (Å²) < 4.78 is 0. The minimum atomic E-state index is -0.834. The Morgan fingerprint density at radius 1 is 1.35 bits per heavy atom. The first-order valence-corrected chi connectivity index (χ1v) is 5.87.